The lowest BCUT2D eigenvalue weighted by Crippen LogP contribution is -2.52. The van der Waals surface area contributed by atoms with E-state index >= 15 is 0 Å². The van der Waals surface area contributed by atoms with Crippen molar-refractivity contribution in [2.45, 2.75) is 26.5 Å². The zero-order valence-electron chi connectivity index (χ0n) is 14.0. The smallest absolute Gasteiger partial charge is 0.236 e. The standard InChI is InChI=1S/C16H26N4O3/c1-13-9-15(17-23-13)11-18-3-5-19(6-4-18)12-16(21)20-7-8-22-14(2)10-20/h9,14H,3-8,10-12H2,1-2H3. The molecule has 0 saturated carbocycles. The molecule has 1 unspecified atom stereocenters. The van der Waals surface area contributed by atoms with Crippen LogP contribution in [-0.4, -0.2) is 84.3 Å². The Balaban J connectivity index is 1.41. The van der Waals surface area contributed by atoms with E-state index in [9.17, 15) is 4.79 Å². The number of amides is 1. The molecule has 0 aliphatic carbocycles. The van der Waals surface area contributed by atoms with Crippen molar-refractivity contribution < 1.29 is 14.1 Å². The van der Waals surface area contributed by atoms with Crippen LogP contribution in [0.15, 0.2) is 10.6 Å². The van der Waals surface area contributed by atoms with Crippen LogP contribution >= 0.6 is 0 Å². The Labute approximate surface area is 137 Å². The Hall–Kier alpha value is -1.44. The van der Waals surface area contributed by atoms with Crippen LogP contribution in [0.25, 0.3) is 0 Å². The summed E-state index contributed by atoms with van der Waals surface area (Å²) >= 11 is 0. The van der Waals surface area contributed by atoms with Crippen molar-refractivity contribution in [2.75, 3.05) is 52.4 Å². The molecular formula is C16H26N4O3. The van der Waals surface area contributed by atoms with Crippen LogP contribution in [0.5, 0.6) is 0 Å². The third kappa shape index (κ3) is 4.53. The van der Waals surface area contributed by atoms with E-state index in [4.69, 9.17) is 9.26 Å². The number of aromatic nitrogens is 1. The highest BCUT2D eigenvalue weighted by atomic mass is 16.5. The quantitative estimate of drug-likeness (QED) is 0.797. The van der Waals surface area contributed by atoms with Crippen LogP contribution in [0.4, 0.5) is 0 Å². The maximum atomic E-state index is 12.4. The molecule has 0 spiro atoms. The van der Waals surface area contributed by atoms with E-state index < -0.39 is 0 Å². The largest absolute Gasteiger partial charge is 0.375 e. The first kappa shape index (κ1) is 16.4. The maximum absolute atomic E-state index is 12.4. The molecule has 1 aromatic rings. The van der Waals surface area contributed by atoms with E-state index in [0.717, 1.165) is 44.2 Å². The fraction of sp³-hybridized carbons (Fsp3) is 0.750. The van der Waals surface area contributed by atoms with Crippen molar-refractivity contribution in [1.29, 1.82) is 0 Å². The SMILES string of the molecule is Cc1cc(CN2CCN(CC(=O)N3CCOC(C)C3)CC2)no1. The first-order chi connectivity index (χ1) is 11.1. The van der Waals surface area contributed by atoms with Gasteiger partial charge in [0.1, 0.15) is 5.76 Å². The molecule has 0 radical (unpaired) electrons. The molecule has 2 aliphatic heterocycles. The van der Waals surface area contributed by atoms with Gasteiger partial charge in [-0.2, -0.15) is 0 Å². The van der Waals surface area contributed by atoms with Gasteiger partial charge >= 0.3 is 0 Å². The summed E-state index contributed by atoms with van der Waals surface area (Å²) in [5.74, 6) is 1.07. The average molecular weight is 322 g/mol. The highest BCUT2D eigenvalue weighted by Gasteiger charge is 2.25. The van der Waals surface area contributed by atoms with Crippen molar-refractivity contribution in [1.82, 2.24) is 19.9 Å². The second-order valence-electron chi connectivity index (χ2n) is 6.50. The number of rotatable bonds is 4. The van der Waals surface area contributed by atoms with E-state index in [2.05, 4.69) is 15.0 Å². The van der Waals surface area contributed by atoms with Crippen LogP contribution < -0.4 is 0 Å². The zero-order valence-corrected chi connectivity index (χ0v) is 14.0. The molecule has 3 rings (SSSR count). The highest BCUT2D eigenvalue weighted by molar-refractivity contribution is 5.78. The molecule has 2 aliphatic rings. The molecule has 2 saturated heterocycles. The van der Waals surface area contributed by atoms with Gasteiger partial charge in [-0.15, -0.1) is 0 Å². The van der Waals surface area contributed by atoms with E-state index in [0.29, 0.717) is 26.2 Å². The summed E-state index contributed by atoms with van der Waals surface area (Å²) in [6.45, 7) is 11.1. The molecule has 1 aromatic heterocycles. The summed E-state index contributed by atoms with van der Waals surface area (Å²) in [6.07, 6.45) is 0.149. The highest BCUT2D eigenvalue weighted by Crippen LogP contribution is 2.10. The van der Waals surface area contributed by atoms with Gasteiger partial charge in [0.05, 0.1) is 24.9 Å². The lowest BCUT2D eigenvalue weighted by Gasteiger charge is -2.36. The number of piperazine rings is 1. The van der Waals surface area contributed by atoms with Crippen molar-refractivity contribution >= 4 is 5.91 Å². The van der Waals surface area contributed by atoms with E-state index in [-0.39, 0.29) is 12.0 Å². The van der Waals surface area contributed by atoms with Crippen LogP contribution in [0.1, 0.15) is 18.4 Å². The summed E-state index contributed by atoms with van der Waals surface area (Å²) in [5, 5.41) is 4.04. The lowest BCUT2D eigenvalue weighted by molar-refractivity contribution is -0.139. The number of aryl methyl sites for hydroxylation is 1. The first-order valence-electron chi connectivity index (χ1n) is 8.36. The summed E-state index contributed by atoms with van der Waals surface area (Å²) in [6, 6.07) is 1.98. The number of ether oxygens (including phenoxy) is 1. The number of morpholine rings is 1. The molecule has 1 atom stereocenters. The molecule has 0 aromatic carbocycles. The second-order valence-corrected chi connectivity index (χ2v) is 6.50. The minimum Gasteiger partial charge on any atom is -0.375 e. The van der Waals surface area contributed by atoms with Gasteiger partial charge in [0.25, 0.3) is 0 Å². The predicted molar refractivity (Wildman–Crippen MR) is 85.0 cm³/mol. The molecule has 0 bridgehead atoms. The Morgan fingerprint density at radius 2 is 2.00 bits per heavy atom. The fourth-order valence-corrected chi connectivity index (χ4v) is 3.16. The lowest BCUT2D eigenvalue weighted by atomic mass is 10.2. The van der Waals surface area contributed by atoms with Gasteiger partial charge < -0.3 is 14.2 Å². The van der Waals surface area contributed by atoms with Gasteiger partial charge in [-0.25, -0.2) is 0 Å². The molecule has 128 valence electrons. The molecule has 0 N–H and O–H groups in total. The van der Waals surface area contributed by atoms with Gasteiger partial charge in [0, 0.05) is 51.9 Å². The van der Waals surface area contributed by atoms with Crippen molar-refractivity contribution in [3.05, 3.63) is 17.5 Å². The zero-order chi connectivity index (χ0) is 16.2. The van der Waals surface area contributed by atoms with Crippen molar-refractivity contribution in [2.24, 2.45) is 0 Å². The molecule has 2 fully saturated rings. The van der Waals surface area contributed by atoms with Gasteiger partial charge in [-0.1, -0.05) is 5.16 Å². The molecule has 7 heteroatoms. The Morgan fingerprint density at radius 3 is 2.65 bits per heavy atom. The number of hydrogen-bond acceptors (Lipinski definition) is 6. The fourth-order valence-electron chi connectivity index (χ4n) is 3.16. The average Bonchev–Trinajstić information content (AvgIpc) is 2.94. The summed E-state index contributed by atoms with van der Waals surface area (Å²) < 4.78 is 10.6. The Kier molecular flexibility index (Phi) is 5.30. The van der Waals surface area contributed by atoms with Gasteiger partial charge in [-0.3, -0.25) is 14.6 Å². The van der Waals surface area contributed by atoms with E-state index in [1.165, 1.54) is 0 Å². The molecular weight excluding hydrogens is 296 g/mol. The van der Waals surface area contributed by atoms with Gasteiger partial charge in [0.15, 0.2) is 0 Å². The van der Waals surface area contributed by atoms with Crippen LogP contribution in [-0.2, 0) is 16.1 Å². The van der Waals surface area contributed by atoms with E-state index in [1.807, 2.05) is 24.8 Å². The van der Waals surface area contributed by atoms with E-state index in [1.54, 1.807) is 0 Å². The third-order valence-corrected chi connectivity index (χ3v) is 4.48. The first-order valence-corrected chi connectivity index (χ1v) is 8.36. The second kappa shape index (κ2) is 7.42. The minimum absolute atomic E-state index is 0.149. The van der Waals surface area contributed by atoms with Crippen molar-refractivity contribution in [3.63, 3.8) is 0 Å². The predicted octanol–water partition coefficient (Wildman–Crippen LogP) is 0.348. The number of nitrogens with zero attached hydrogens (tertiary/aromatic N) is 4. The number of carbonyl (C=O) groups excluding carboxylic acids is 1. The molecule has 23 heavy (non-hydrogen) atoms. The van der Waals surface area contributed by atoms with Crippen LogP contribution in [0.2, 0.25) is 0 Å². The topological polar surface area (TPSA) is 62.0 Å². The molecule has 7 nitrogen and oxygen atoms in total. The monoisotopic (exact) mass is 322 g/mol. The summed E-state index contributed by atoms with van der Waals surface area (Å²) in [4.78, 5) is 18.9. The number of hydrogen-bond donors (Lipinski definition) is 0. The Bertz CT molecular complexity index is 525. The number of carbonyl (C=O) groups is 1. The Morgan fingerprint density at radius 1 is 1.26 bits per heavy atom. The summed E-state index contributed by atoms with van der Waals surface area (Å²) in [5.41, 5.74) is 0.981. The molecule has 1 amide bonds. The third-order valence-electron chi connectivity index (χ3n) is 4.48. The molecule has 3 heterocycles. The van der Waals surface area contributed by atoms with Crippen molar-refractivity contribution in [3.8, 4) is 0 Å². The minimum atomic E-state index is 0.149. The van der Waals surface area contributed by atoms with Crippen LogP contribution in [0.3, 0.4) is 0 Å². The normalized spacial score (nSPS) is 24.1. The summed E-state index contributed by atoms with van der Waals surface area (Å²) in [7, 11) is 0. The van der Waals surface area contributed by atoms with Gasteiger partial charge in [0.2, 0.25) is 5.91 Å². The van der Waals surface area contributed by atoms with Gasteiger partial charge in [-0.05, 0) is 13.8 Å². The van der Waals surface area contributed by atoms with Crippen LogP contribution in [0, 0.1) is 6.92 Å². The maximum Gasteiger partial charge on any atom is 0.236 e.